The minimum Gasteiger partial charge on any atom is -0.348 e. The van der Waals surface area contributed by atoms with E-state index in [-0.39, 0.29) is 0 Å². The number of piperidine rings is 1. The molecule has 2 unspecified atom stereocenters. The van der Waals surface area contributed by atoms with E-state index in [1.54, 1.807) is 0 Å². The number of fused-ring (bicyclic) bond motifs is 2. The number of aryl methyl sites for hydroxylation is 1. The highest BCUT2D eigenvalue weighted by molar-refractivity contribution is 5.92. The van der Waals surface area contributed by atoms with Gasteiger partial charge in [-0.25, -0.2) is 0 Å². The molecule has 20 heavy (non-hydrogen) atoms. The lowest BCUT2D eigenvalue weighted by atomic mass is 9.86. The number of benzene rings is 1. The van der Waals surface area contributed by atoms with Gasteiger partial charge in [0.1, 0.15) is 0 Å². The molecule has 104 valence electrons. The molecule has 4 heteroatoms. The van der Waals surface area contributed by atoms with Crippen molar-refractivity contribution in [3.8, 4) is 0 Å². The Morgan fingerprint density at radius 2 is 2.15 bits per heavy atom. The number of hydrogen-bond donors (Lipinski definition) is 2. The van der Waals surface area contributed by atoms with Gasteiger partial charge in [0, 0.05) is 60.3 Å². The van der Waals surface area contributed by atoms with Gasteiger partial charge in [-0.15, -0.1) is 0 Å². The van der Waals surface area contributed by atoms with Gasteiger partial charge in [-0.3, -0.25) is 0 Å². The zero-order chi connectivity index (χ0) is 13.7. The summed E-state index contributed by atoms with van der Waals surface area (Å²) in [7, 11) is 2.15. The second-order valence-electron chi connectivity index (χ2n) is 5.85. The molecule has 4 nitrogen and oxygen atoms in total. The Morgan fingerprint density at radius 1 is 1.30 bits per heavy atom. The fraction of sp³-hybridized carbons (Fsp3) is 0.438. The quantitative estimate of drug-likeness (QED) is 0.831. The summed E-state index contributed by atoms with van der Waals surface area (Å²) in [4.78, 5) is 0. The van der Waals surface area contributed by atoms with Crippen LogP contribution in [0, 0.1) is 12.8 Å². The lowest BCUT2D eigenvalue weighted by Crippen LogP contribution is -2.38. The molecule has 2 aliphatic rings. The summed E-state index contributed by atoms with van der Waals surface area (Å²) in [6, 6.07) is 8.97. The number of hydrazone groups is 1. The van der Waals surface area contributed by atoms with Gasteiger partial charge in [-0.2, -0.15) is 5.10 Å². The maximum absolute atomic E-state index is 4.59. The fourth-order valence-corrected chi connectivity index (χ4v) is 3.68. The van der Waals surface area contributed by atoms with Gasteiger partial charge >= 0.3 is 0 Å². The van der Waals surface area contributed by atoms with Crippen LogP contribution >= 0.6 is 0 Å². The Labute approximate surface area is 118 Å². The number of para-hydroxylation sites is 1. The van der Waals surface area contributed by atoms with Crippen LogP contribution < -0.4 is 10.7 Å². The zero-order valence-corrected chi connectivity index (χ0v) is 12.0. The summed E-state index contributed by atoms with van der Waals surface area (Å²) in [5.41, 5.74) is 8.79. The van der Waals surface area contributed by atoms with E-state index in [9.17, 15) is 0 Å². The molecule has 1 fully saturated rings. The molecule has 3 heterocycles. The molecule has 2 aliphatic heterocycles. The Morgan fingerprint density at radius 3 is 3.05 bits per heavy atom. The second-order valence-corrected chi connectivity index (χ2v) is 5.85. The van der Waals surface area contributed by atoms with E-state index in [0.29, 0.717) is 12.0 Å². The standard InChI is InChI=1S/C16H20N4/c1-10-15(11-5-3-4-6-14(11)20(10)2)16-12-9-17-8-7-13(12)18-19-16/h3-6,12,16-17,19H,7-9H2,1-2H3. The smallest absolute Gasteiger partial charge is 0.0806 e. The van der Waals surface area contributed by atoms with Gasteiger partial charge in [0.05, 0.1) is 6.04 Å². The average Bonchev–Trinajstić information content (AvgIpc) is 3.01. The van der Waals surface area contributed by atoms with Crippen LogP contribution in [0.1, 0.15) is 23.7 Å². The Bertz CT molecular complexity index is 698. The van der Waals surface area contributed by atoms with Gasteiger partial charge in [0.15, 0.2) is 0 Å². The van der Waals surface area contributed by atoms with Gasteiger partial charge in [-0.1, -0.05) is 18.2 Å². The van der Waals surface area contributed by atoms with Gasteiger partial charge in [-0.05, 0) is 13.0 Å². The largest absolute Gasteiger partial charge is 0.348 e. The van der Waals surface area contributed by atoms with Crippen LogP contribution in [-0.2, 0) is 7.05 Å². The predicted octanol–water partition coefficient (Wildman–Crippen LogP) is 2.10. The van der Waals surface area contributed by atoms with E-state index in [0.717, 1.165) is 19.5 Å². The Balaban J connectivity index is 1.85. The van der Waals surface area contributed by atoms with E-state index in [1.807, 2.05) is 0 Å². The molecule has 1 aromatic carbocycles. The third-order valence-corrected chi connectivity index (χ3v) is 4.86. The molecule has 2 aromatic rings. The first-order chi connectivity index (χ1) is 9.77. The molecule has 1 aromatic heterocycles. The fourth-order valence-electron chi connectivity index (χ4n) is 3.68. The highest BCUT2D eigenvalue weighted by Gasteiger charge is 2.36. The van der Waals surface area contributed by atoms with Crippen LogP contribution in [0.5, 0.6) is 0 Å². The van der Waals surface area contributed by atoms with Gasteiger partial charge in [0.25, 0.3) is 0 Å². The van der Waals surface area contributed by atoms with Crippen molar-refractivity contribution < 1.29 is 0 Å². The van der Waals surface area contributed by atoms with Crippen molar-refractivity contribution in [3.63, 3.8) is 0 Å². The molecule has 0 spiro atoms. The molecule has 1 saturated heterocycles. The van der Waals surface area contributed by atoms with Crippen LogP contribution in [0.3, 0.4) is 0 Å². The lowest BCUT2D eigenvalue weighted by Gasteiger charge is -2.25. The van der Waals surface area contributed by atoms with Crippen molar-refractivity contribution in [1.29, 1.82) is 0 Å². The van der Waals surface area contributed by atoms with Crippen molar-refractivity contribution in [1.82, 2.24) is 15.3 Å². The Hall–Kier alpha value is -1.81. The van der Waals surface area contributed by atoms with Crippen molar-refractivity contribution in [2.45, 2.75) is 19.4 Å². The third-order valence-electron chi connectivity index (χ3n) is 4.86. The zero-order valence-electron chi connectivity index (χ0n) is 12.0. The number of rotatable bonds is 1. The highest BCUT2D eigenvalue weighted by Crippen LogP contribution is 2.37. The van der Waals surface area contributed by atoms with Crippen molar-refractivity contribution in [2.75, 3.05) is 13.1 Å². The van der Waals surface area contributed by atoms with E-state index >= 15 is 0 Å². The second kappa shape index (κ2) is 4.35. The van der Waals surface area contributed by atoms with E-state index < -0.39 is 0 Å². The summed E-state index contributed by atoms with van der Waals surface area (Å²) < 4.78 is 2.29. The number of aromatic nitrogens is 1. The van der Waals surface area contributed by atoms with Crippen molar-refractivity contribution >= 4 is 16.6 Å². The van der Waals surface area contributed by atoms with Gasteiger partial charge < -0.3 is 15.3 Å². The molecule has 0 radical (unpaired) electrons. The number of hydrogen-bond acceptors (Lipinski definition) is 3. The molecule has 0 bridgehead atoms. The molecule has 0 amide bonds. The van der Waals surface area contributed by atoms with Crippen LogP contribution in [0.25, 0.3) is 10.9 Å². The van der Waals surface area contributed by atoms with E-state index in [4.69, 9.17) is 0 Å². The maximum Gasteiger partial charge on any atom is 0.0806 e. The first-order valence-electron chi connectivity index (χ1n) is 7.34. The first-order valence-corrected chi connectivity index (χ1v) is 7.34. The van der Waals surface area contributed by atoms with E-state index in [1.165, 1.54) is 27.9 Å². The summed E-state index contributed by atoms with van der Waals surface area (Å²) in [5, 5.41) is 9.45. The molecule has 2 N–H and O–H groups in total. The molecule has 2 atom stereocenters. The normalized spacial score (nSPS) is 25.4. The Kier molecular flexibility index (Phi) is 2.60. The summed E-state index contributed by atoms with van der Waals surface area (Å²) >= 11 is 0. The van der Waals surface area contributed by atoms with Crippen LogP contribution in [0.15, 0.2) is 29.4 Å². The highest BCUT2D eigenvalue weighted by atomic mass is 15.3. The molecular formula is C16H20N4. The SMILES string of the molecule is Cc1c(C2NN=C3CCNCC32)c2ccccc2n1C. The first kappa shape index (κ1) is 12.0. The van der Waals surface area contributed by atoms with E-state index in [2.05, 4.69) is 58.6 Å². The monoisotopic (exact) mass is 268 g/mol. The van der Waals surface area contributed by atoms with Crippen LogP contribution in [0.2, 0.25) is 0 Å². The summed E-state index contributed by atoms with van der Waals surface area (Å²) in [6.45, 7) is 4.29. The summed E-state index contributed by atoms with van der Waals surface area (Å²) in [5.74, 6) is 0.494. The third kappa shape index (κ3) is 1.54. The molecular weight excluding hydrogens is 248 g/mol. The van der Waals surface area contributed by atoms with Gasteiger partial charge in [0.2, 0.25) is 0 Å². The number of nitrogens with zero attached hydrogens (tertiary/aromatic N) is 2. The van der Waals surface area contributed by atoms with Crippen molar-refractivity contribution in [3.05, 3.63) is 35.5 Å². The minimum absolute atomic E-state index is 0.309. The van der Waals surface area contributed by atoms with Crippen LogP contribution in [-0.4, -0.2) is 23.4 Å². The molecule has 4 rings (SSSR count). The van der Waals surface area contributed by atoms with Crippen LogP contribution in [0.4, 0.5) is 0 Å². The summed E-state index contributed by atoms with van der Waals surface area (Å²) in [6.07, 6.45) is 1.07. The predicted molar refractivity (Wildman–Crippen MR) is 81.9 cm³/mol. The maximum atomic E-state index is 4.59. The molecule has 0 aliphatic carbocycles. The lowest BCUT2D eigenvalue weighted by molar-refractivity contribution is 0.450. The average molecular weight is 268 g/mol. The van der Waals surface area contributed by atoms with Crippen molar-refractivity contribution in [2.24, 2.45) is 18.1 Å². The topological polar surface area (TPSA) is 41.4 Å². The molecule has 0 saturated carbocycles. The minimum atomic E-state index is 0.309. The number of nitrogens with one attached hydrogen (secondary N) is 2.